The van der Waals surface area contributed by atoms with Gasteiger partial charge in [-0.25, -0.2) is 4.39 Å². The van der Waals surface area contributed by atoms with Crippen LogP contribution in [0.5, 0.6) is 5.75 Å². The molecular weight excluding hydrogens is 281 g/mol. The first-order valence-electron chi connectivity index (χ1n) is 7.17. The van der Waals surface area contributed by atoms with Gasteiger partial charge in [0.05, 0.1) is 0 Å². The zero-order valence-corrected chi connectivity index (χ0v) is 13.1. The van der Waals surface area contributed by atoms with E-state index < -0.39 is 0 Å². The van der Waals surface area contributed by atoms with Crippen LogP contribution < -0.4 is 10.1 Å². The van der Waals surface area contributed by atoms with Crippen molar-refractivity contribution in [2.75, 3.05) is 6.61 Å². The molecule has 22 heavy (non-hydrogen) atoms. The molecule has 0 radical (unpaired) electrons. The standard InChI is InChI=1S/C18H20FNO2/c1-12-4-5-13(2)17(8-12)22-11-18(21)20-10-15-6-7-16(19)14(3)9-15/h4-9H,10-11H2,1-3H3,(H,20,21). The Morgan fingerprint density at radius 2 is 1.86 bits per heavy atom. The maximum Gasteiger partial charge on any atom is 0.258 e. The maximum atomic E-state index is 13.2. The first kappa shape index (κ1) is 16.0. The van der Waals surface area contributed by atoms with E-state index in [4.69, 9.17) is 4.74 Å². The lowest BCUT2D eigenvalue weighted by Gasteiger charge is -2.10. The largest absolute Gasteiger partial charge is 0.483 e. The van der Waals surface area contributed by atoms with E-state index in [1.807, 2.05) is 32.0 Å². The molecule has 2 rings (SSSR count). The van der Waals surface area contributed by atoms with Crippen LogP contribution in [0.15, 0.2) is 36.4 Å². The van der Waals surface area contributed by atoms with Gasteiger partial charge in [0, 0.05) is 6.54 Å². The average Bonchev–Trinajstić information content (AvgIpc) is 2.49. The van der Waals surface area contributed by atoms with Crippen LogP contribution in [0.25, 0.3) is 0 Å². The molecule has 0 aliphatic rings. The van der Waals surface area contributed by atoms with Gasteiger partial charge >= 0.3 is 0 Å². The minimum absolute atomic E-state index is 0.0372. The third-order valence-electron chi connectivity index (χ3n) is 3.41. The molecule has 3 nitrogen and oxygen atoms in total. The Morgan fingerprint density at radius 3 is 2.59 bits per heavy atom. The molecule has 0 bridgehead atoms. The summed E-state index contributed by atoms with van der Waals surface area (Å²) in [6.07, 6.45) is 0. The topological polar surface area (TPSA) is 38.3 Å². The number of carbonyl (C=O) groups excluding carboxylic acids is 1. The number of rotatable bonds is 5. The van der Waals surface area contributed by atoms with Gasteiger partial charge in [-0.2, -0.15) is 0 Å². The summed E-state index contributed by atoms with van der Waals surface area (Å²) in [4.78, 5) is 11.8. The normalized spacial score (nSPS) is 10.4. The average molecular weight is 301 g/mol. The monoisotopic (exact) mass is 301 g/mol. The predicted octanol–water partition coefficient (Wildman–Crippen LogP) is 3.45. The van der Waals surface area contributed by atoms with E-state index in [2.05, 4.69) is 5.32 Å². The van der Waals surface area contributed by atoms with Gasteiger partial charge in [0.25, 0.3) is 5.91 Å². The van der Waals surface area contributed by atoms with Crippen LogP contribution in [0.3, 0.4) is 0 Å². The number of carbonyl (C=O) groups is 1. The Bertz CT molecular complexity index is 683. The number of benzene rings is 2. The number of hydrogen-bond donors (Lipinski definition) is 1. The van der Waals surface area contributed by atoms with Gasteiger partial charge in [-0.15, -0.1) is 0 Å². The maximum absolute atomic E-state index is 13.2. The van der Waals surface area contributed by atoms with Crippen molar-refractivity contribution in [1.29, 1.82) is 0 Å². The minimum Gasteiger partial charge on any atom is -0.483 e. The molecule has 0 spiro atoms. The Labute approximate surface area is 130 Å². The third-order valence-corrected chi connectivity index (χ3v) is 3.41. The molecule has 0 heterocycles. The molecule has 2 aromatic carbocycles. The molecule has 1 N–H and O–H groups in total. The molecule has 4 heteroatoms. The quantitative estimate of drug-likeness (QED) is 0.918. The van der Waals surface area contributed by atoms with Crippen molar-refractivity contribution in [3.8, 4) is 5.75 Å². The first-order valence-corrected chi connectivity index (χ1v) is 7.17. The van der Waals surface area contributed by atoms with Gasteiger partial charge in [-0.1, -0.05) is 24.3 Å². The van der Waals surface area contributed by atoms with Crippen LogP contribution in [0.1, 0.15) is 22.3 Å². The summed E-state index contributed by atoms with van der Waals surface area (Å²) in [6.45, 7) is 5.93. The van der Waals surface area contributed by atoms with E-state index >= 15 is 0 Å². The Morgan fingerprint density at radius 1 is 1.09 bits per heavy atom. The molecule has 0 aliphatic carbocycles. The van der Waals surface area contributed by atoms with Crippen LogP contribution in [0.4, 0.5) is 4.39 Å². The van der Waals surface area contributed by atoms with E-state index in [9.17, 15) is 9.18 Å². The van der Waals surface area contributed by atoms with Crippen LogP contribution in [-0.2, 0) is 11.3 Å². The highest BCUT2D eigenvalue weighted by Gasteiger charge is 2.06. The number of hydrogen-bond acceptors (Lipinski definition) is 2. The zero-order valence-electron chi connectivity index (χ0n) is 13.1. The third kappa shape index (κ3) is 4.32. The van der Waals surface area contributed by atoms with Crippen molar-refractivity contribution in [1.82, 2.24) is 5.32 Å². The molecule has 116 valence electrons. The van der Waals surface area contributed by atoms with E-state index in [1.54, 1.807) is 19.1 Å². The lowest BCUT2D eigenvalue weighted by atomic mass is 10.1. The zero-order chi connectivity index (χ0) is 16.1. The van der Waals surface area contributed by atoms with E-state index in [1.165, 1.54) is 6.07 Å². The van der Waals surface area contributed by atoms with Crippen molar-refractivity contribution >= 4 is 5.91 Å². The molecule has 0 saturated carbocycles. The highest BCUT2D eigenvalue weighted by atomic mass is 19.1. The SMILES string of the molecule is Cc1ccc(C)c(OCC(=O)NCc2ccc(F)c(C)c2)c1. The van der Waals surface area contributed by atoms with Gasteiger partial charge in [0.1, 0.15) is 11.6 Å². The summed E-state index contributed by atoms with van der Waals surface area (Å²) >= 11 is 0. The van der Waals surface area contributed by atoms with Crippen LogP contribution in [0, 0.1) is 26.6 Å². The van der Waals surface area contributed by atoms with Gasteiger partial charge in [-0.3, -0.25) is 4.79 Å². The molecular formula is C18H20FNO2. The molecule has 0 saturated heterocycles. The van der Waals surface area contributed by atoms with Crippen LogP contribution in [-0.4, -0.2) is 12.5 Å². The molecule has 0 atom stereocenters. The van der Waals surface area contributed by atoms with Gasteiger partial charge < -0.3 is 10.1 Å². The minimum atomic E-state index is -0.242. The Balaban J connectivity index is 1.85. The number of nitrogens with one attached hydrogen (secondary N) is 1. The Hall–Kier alpha value is -2.36. The molecule has 1 amide bonds. The smallest absolute Gasteiger partial charge is 0.258 e. The summed E-state index contributed by atoms with van der Waals surface area (Å²) in [5.74, 6) is 0.268. The summed E-state index contributed by atoms with van der Waals surface area (Å²) < 4.78 is 18.7. The number of amides is 1. The molecule has 2 aromatic rings. The fourth-order valence-electron chi connectivity index (χ4n) is 2.07. The lowest BCUT2D eigenvalue weighted by molar-refractivity contribution is -0.123. The fraction of sp³-hybridized carbons (Fsp3) is 0.278. The number of halogens is 1. The highest BCUT2D eigenvalue weighted by Crippen LogP contribution is 2.18. The van der Waals surface area contributed by atoms with Gasteiger partial charge in [-0.05, 0) is 55.2 Å². The summed E-state index contributed by atoms with van der Waals surface area (Å²) in [5, 5.41) is 2.76. The van der Waals surface area contributed by atoms with Gasteiger partial charge in [0.2, 0.25) is 0 Å². The van der Waals surface area contributed by atoms with Crippen LogP contribution in [0.2, 0.25) is 0 Å². The van der Waals surface area contributed by atoms with E-state index in [-0.39, 0.29) is 18.3 Å². The summed E-state index contributed by atoms with van der Waals surface area (Å²) in [6, 6.07) is 10.7. The second-order valence-corrected chi connectivity index (χ2v) is 5.42. The molecule has 0 unspecified atom stereocenters. The van der Waals surface area contributed by atoms with Crippen molar-refractivity contribution in [3.63, 3.8) is 0 Å². The van der Waals surface area contributed by atoms with Crippen LogP contribution >= 0.6 is 0 Å². The van der Waals surface area contributed by atoms with E-state index in [0.717, 1.165) is 16.7 Å². The van der Waals surface area contributed by atoms with Crippen molar-refractivity contribution in [3.05, 3.63) is 64.5 Å². The molecule has 0 fully saturated rings. The fourth-order valence-corrected chi connectivity index (χ4v) is 2.07. The Kier molecular flexibility index (Phi) is 5.15. The summed E-state index contributed by atoms with van der Waals surface area (Å²) in [5.41, 5.74) is 3.51. The second kappa shape index (κ2) is 7.07. The number of ether oxygens (including phenoxy) is 1. The van der Waals surface area contributed by atoms with Crippen molar-refractivity contribution < 1.29 is 13.9 Å². The lowest BCUT2D eigenvalue weighted by Crippen LogP contribution is -2.28. The number of aryl methyl sites for hydroxylation is 3. The van der Waals surface area contributed by atoms with E-state index in [0.29, 0.717) is 17.9 Å². The second-order valence-electron chi connectivity index (χ2n) is 5.42. The van der Waals surface area contributed by atoms with Crippen molar-refractivity contribution in [2.45, 2.75) is 27.3 Å². The predicted molar refractivity (Wildman–Crippen MR) is 84.4 cm³/mol. The molecule has 0 aliphatic heterocycles. The molecule has 0 aromatic heterocycles. The highest BCUT2D eigenvalue weighted by molar-refractivity contribution is 5.77. The van der Waals surface area contributed by atoms with Crippen molar-refractivity contribution in [2.24, 2.45) is 0 Å². The summed E-state index contributed by atoms with van der Waals surface area (Å²) in [7, 11) is 0. The first-order chi connectivity index (χ1) is 10.5. The van der Waals surface area contributed by atoms with Gasteiger partial charge in [0.15, 0.2) is 6.61 Å².